The van der Waals surface area contributed by atoms with Crippen molar-refractivity contribution in [1.82, 2.24) is 5.32 Å². The van der Waals surface area contributed by atoms with Gasteiger partial charge < -0.3 is 10.2 Å². The van der Waals surface area contributed by atoms with Gasteiger partial charge in [0.05, 0.1) is 5.71 Å². The van der Waals surface area contributed by atoms with E-state index in [1.165, 1.54) is 6.42 Å². The number of rotatable bonds is 12. The van der Waals surface area contributed by atoms with E-state index in [2.05, 4.69) is 17.4 Å². The normalized spacial score (nSPS) is 17.5. The van der Waals surface area contributed by atoms with E-state index in [1.54, 1.807) is 30.3 Å². The monoisotopic (exact) mass is 434 g/mol. The summed E-state index contributed by atoms with van der Waals surface area (Å²) in [6.07, 6.45) is 6.86. The number of Topliss-reactive ketones (excluding diaryl/α,β-unsaturated/α-hetero) is 1. The quantitative estimate of drug-likeness (QED) is 0.228. The summed E-state index contributed by atoms with van der Waals surface area (Å²) in [4.78, 5) is 43.5. The Morgan fingerprint density at radius 3 is 2.22 bits per heavy atom. The molecule has 2 aromatic carbocycles. The van der Waals surface area contributed by atoms with Crippen LogP contribution in [-0.4, -0.2) is 28.9 Å². The van der Waals surface area contributed by atoms with Crippen molar-refractivity contribution in [2.45, 2.75) is 63.8 Å². The van der Waals surface area contributed by atoms with Crippen molar-refractivity contribution in [2.75, 3.05) is 0 Å². The molecule has 0 saturated heterocycles. The fourth-order valence-electron chi connectivity index (χ4n) is 3.92. The molecule has 1 aliphatic heterocycles. The molecule has 1 aliphatic rings. The molecule has 0 radical (unpaired) electrons. The number of unbranched alkanes of at least 4 members (excludes halogenated alkanes) is 5. The molecule has 0 fully saturated rings. The molecule has 0 spiro atoms. The largest absolute Gasteiger partial charge is 0.366 e. The first kappa shape index (κ1) is 23.4. The Hall–Kier alpha value is -3.28. The van der Waals surface area contributed by atoms with Gasteiger partial charge in [0.2, 0.25) is 5.78 Å². The first-order valence-electron chi connectivity index (χ1n) is 11.3. The van der Waals surface area contributed by atoms with Crippen LogP contribution in [0.2, 0.25) is 0 Å². The van der Waals surface area contributed by atoms with Gasteiger partial charge in [-0.15, -0.1) is 0 Å². The van der Waals surface area contributed by atoms with Crippen LogP contribution in [0.3, 0.4) is 0 Å². The number of ketones is 1. The van der Waals surface area contributed by atoms with E-state index in [0.717, 1.165) is 31.2 Å². The highest BCUT2D eigenvalue weighted by atomic mass is 16.7. The summed E-state index contributed by atoms with van der Waals surface area (Å²) in [7, 11) is 0. The molecule has 3 rings (SSSR count). The predicted molar refractivity (Wildman–Crippen MR) is 123 cm³/mol. The molecule has 1 heterocycles. The third kappa shape index (κ3) is 5.69. The molecule has 1 unspecified atom stereocenters. The maximum Gasteiger partial charge on any atom is 0.366 e. The van der Waals surface area contributed by atoms with E-state index in [-0.39, 0.29) is 5.56 Å². The maximum atomic E-state index is 12.9. The van der Waals surface area contributed by atoms with Crippen molar-refractivity contribution in [3.63, 3.8) is 0 Å². The van der Waals surface area contributed by atoms with Crippen LogP contribution in [0.25, 0.3) is 0 Å². The average molecular weight is 435 g/mol. The van der Waals surface area contributed by atoms with Crippen molar-refractivity contribution in [3.8, 4) is 0 Å². The highest BCUT2D eigenvalue weighted by molar-refractivity contribution is 6.44. The Bertz CT molecular complexity index is 956. The lowest BCUT2D eigenvalue weighted by Crippen LogP contribution is -2.59. The SMILES string of the molecule is CCCCCCCCC1(NC(=O)C(=O)c2ccccc2)C(=O)ON=C1Cc1ccccc1. The number of carbonyl (C=O) groups is 3. The van der Waals surface area contributed by atoms with Gasteiger partial charge in [-0.2, -0.15) is 0 Å². The molecule has 168 valence electrons. The van der Waals surface area contributed by atoms with E-state index in [9.17, 15) is 14.4 Å². The fraction of sp³-hybridized carbons (Fsp3) is 0.385. The van der Waals surface area contributed by atoms with Crippen LogP contribution in [0.15, 0.2) is 65.8 Å². The summed E-state index contributed by atoms with van der Waals surface area (Å²) >= 11 is 0. The van der Waals surface area contributed by atoms with Gasteiger partial charge in [0.15, 0.2) is 5.54 Å². The molecule has 1 amide bonds. The lowest BCUT2D eigenvalue weighted by atomic mass is 9.84. The lowest BCUT2D eigenvalue weighted by molar-refractivity contribution is -0.147. The second-order valence-electron chi connectivity index (χ2n) is 8.15. The van der Waals surface area contributed by atoms with E-state index >= 15 is 0 Å². The second kappa shape index (κ2) is 11.4. The molecule has 0 aliphatic carbocycles. The van der Waals surface area contributed by atoms with E-state index in [1.807, 2.05) is 30.3 Å². The molecular weight excluding hydrogens is 404 g/mol. The first-order valence-corrected chi connectivity index (χ1v) is 11.3. The third-order valence-corrected chi connectivity index (χ3v) is 5.77. The lowest BCUT2D eigenvalue weighted by Gasteiger charge is -2.27. The fourth-order valence-corrected chi connectivity index (χ4v) is 3.92. The zero-order valence-electron chi connectivity index (χ0n) is 18.5. The predicted octanol–water partition coefficient (Wildman–Crippen LogP) is 4.63. The van der Waals surface area contributed by atoms with Gasteiger partial charge in [-0.1, -0.05) is 111 Å². The molecule has 1 atom stereocenters. The van der Waals surface area contributed by atoms with E-state index < -0.39 is 23.2 Å². The van der Waals surface area contributed by atoms with Gasteiger partial charge in [0.25, 0.3) is 5.91 Å². The first-order chi connectivity index (χ1) is 15.6. The van der Waals surface area contributed by atoms with Crippen LogP contribution in [0.5, 0.6) is 0 Å². The topological polar surface area (TPSA) is 84.8 Å². The zero-order chi connectivity index (χ0) is 22.8. The molecule has 6 heteroatoms. The summed E-state index contributed by atoms with van der Waals surface area (Å²) in [5, 5.41) is 6.74. The Labute approximate surface area is 189 Å². The van der Waals surface area contributed by atoms with Crippen LogP contribution < -0.4 is 5.32 Å². The number of carbonyl (C=O) groups excluding carboxylic acids is 3. The summed E-state index contributed by atoms with van der Waals surface area (Å²) in [6.45, 7) is 2.16. The number of hydrogen-bond acceptors (Lipinski definition) is 5. The summed E-state index contributed by atoms with van der Waals surface area (Å²) in [5.74, 6) is -2.15. The van der Waals surface area contributed by atoms with E-state index in [0.29, 0.717) is 25.0 Å². The molecule has 32 heavy (non-hydrogen) atoms. The Balaban J connectivity index is 1.79. The van der Waals surface area contributed by atoms with Gasteiger partial charge >= 0.3 is 5.97 Å². The minimum Gasteiger partial charge on any atom is -0.328 e. The Morgan fingerprint density at radius 1 is 0.906 bits per heavy atom. The number of benzene rings is 2. The van der Waals surface area contributed by atoms with E-state index in [4.69, 9.17) is 4.84 Å². The molecule has 6 nitrogen and oxygen atoms in total. The highest BCUT2D eigenvalue weighted by Gasteiger charge is 2.51. The molecular formula is C26H30N2O4. The summed E-state index contributed by atoms with van der Waals surface area (Å²) in [6, 6.07) is 17.9. The van der Waals surface area contributed by atoms with Crippen molar-refractivity contribution in [3.05, 3.63) is 71.8 Å². The molecule has 0 aromatic heterocycles. The van der Waals surface area contributed by atoms with Crippen LogP contribution in [0, 0.1) is 0 Å². The third-order valence-electron chi connectivity index (χ3n) is 5.77. The average Bonchev–Trinajstić information content (AvgIpc) is 3.11. The van der Waals surface area contributed by atoms with Gasteiger partial charge in [-0.05, 0) is 12.0 Å². The van der Waals surface area contributed by atoms with Crippen molar-refractivity contribution < 1.29 is 19.2 Å². The number of amides is 1. The van der Waals surface area contributed by atoms with Gasteiger partial charge in [0, 0.05) is 12.0 Å². The molecule has 0 bridgehead atoms. The number of oxime groups is 1. The number of nitrogens with zero attached hydrogens (tertiary/aromatic N) is 1. The second-order valence-corrected chi connectivity index (χ2v) is 8.15. The van der Waals surface area contributed by atoms with Crippen LogP contribution >= 0.6 is 0 Å². The Kier molecular flexibility index (Phi) is 8.31. The van der Waals surface area contributed by atoms with Crippen LogP contribution in [0.4, 0.5) is 0 Å². The van der Waals surface area contributed by atoms with Gasteiger partial charge in [0.1, 0.15) is 0 Å². The number of hydrogen-bond donors (Lipinski definition) is 1. The smallest absolute Gasteiger partial charge is 0.328 e. The van der Waals surface area contributed by atoms with Crippen molar-refractivity contribution in [2.24, 2.45) is 5.16 Å². The highest BCUT2D eigenvalue weighted by Crippen LogP contribution is 2.27. The summed E-state index contributed by atoms with van der Waals surface area (Å²) < 4.78 is 0. The number of nitrogens with one attached hydrogen (secondary N) is 1. The Morgan fingerprint density at radius 2 is 1.53 bits per heavy atom. The van der Waals surface area contributed by atoms with Gasteiger partial charge in [-0.3, -0.25) is 9.59 Å². The van der Waals surface area contributed by atoms with Crippen molar-refractivity contribution >= 4 is 23.4 Å². The van der Waals surface area contributed by atoms with Crippen molar-refractivity contribution in [1.29, 1.82) is 0 Å². The molecule has 2 aromatic rings. The minimum absolute atomic E-state index is 0.271. The standard InChI is InChI=1S/C26H30N2O4/c1-2-3-4-5-6-13-18-26(27-24(30)23(29)21-16-11-8-12-17-21)22(28-32-25(26)31)19-20-14-9-7-10-15-20/h7-12,14-17H,2-6,13,18-19H2,1H3,(H,27,30). The van der Waals surface area contributed by atoms with Crippen LogP contribution in [-0.2, 0) is 20.8 Å². The maximum absolute atomic E-state index is 12.9. The summed E-state index contributed by atoms with van der Waals surface area (Å²) in [5.41, 5.74) is 0.215. The molecule has 1 N–H and O–H groups in total. The zero-order valence-corrected chi connectivity index (χ0v) is 18.5. The van der Waals surface area contributed by atoms with Crippen LogP contribution in [0.1, 0.15) is 67.8 Å². The minimum atomic E-state index is -1.43. The molecule has 0 saturated carbocycles. The van der Waals surface area contributed by atoms with Gasteiger partial charge in [-0.25, -0.2) is 4.79 Å².